The SMILES string of the molecule is Cc1ccc(N(C(=O)c2ccco2)C(C(=O)NC2CCCC2)c2cccs2)cc1F. The molecule has 0 radical (unpaired) electrons. The number of carbonyl (C=O) groups excluding carboxylic acids is 2. The minimum absolute atomic E-state index is 0.0891. The van der Waals surface area contributed by atoms with Gasteiger partial charge in [0.05, 0.1) is 6.26 Å². The summed E-state index contributed by atoms with van der Waals surface area (Å²) in [6.45, 7) is 1.65. The van der Waals surface area contributed by atoms with E-state index >= 15 is 0 Å². The van der Waals surface area contributed by atoms with Crippen LogP contribution < -0.4 is 10.2 Å². The van der Waals surface area contributed by atoms with Crippen molar-refractivity contribution in [2.45, 2.75) is 44.7 Å². The van der Waals surface area contributed by atoms with Crippen molar-refractivity contribution < 1.29 is 18.4 Å². The highest BCUT2D eigenvalue weighted by atomic mass is 32.1. The molecule has 0 saturated heterocycles. The van der Waals surface area contributed by atoms with E-state index in [1.165, 1.54) is 28.6 Å². The Labute approximate surface area is 178 Å². The first kappa shape index (κ1) is 20.3. The lowest BCUT2D eigenvalue weighted by molar-refractivity contribution is -0.123. The highest BCUT2D eigenvalue weighted by molar-refractivity contribution is 7.10. The molecule has 1 unspecified atom stereocenters. The molecule has 1 fully saturated rings. The van der Waals surface area contributed by atoms with Gasteiger partial charge in [0.2, 0.25) is 5.91 Å². The fraction of sp³-hybridized carbons (Fsp3) is 0.304. The lowest BCUT2D eigenvalue weighted by atomic mass is 10.1. The number of aryl methyl sites for hydroxylation is 1. The third-order valence-electron chi connectivity index (χ3n) is 5.41. The quantitative estimate of drug-likeness (QED) is 0.587. The van der Waals surface area contributed by atoms with Crippen molar-refractivity contribution in [1.29, 1.82) is 0 Å². The topological polar surface area (TPSA) is 62.6 Å². The minimum atomic E-state index is -0.926. The van der Waals surface area contributed by atoms with Gasteiger partial charge in [0.15, 0.2) is 11.8 Å². The molecule has 5 nitrogen and oxygen atoms in total. The molecule has 1 aliphatic rings. The molecule has 156 valence electrons. The molecule has 0 spiro atoms. The average Bonchev–Trinajstić information content (AvgIpc) is 3.50. The molecular weight excluding hydrogens is 403 g/mol. The Morgan fingerprint density at radius 1 is 1.20 bits per heavy atom. The number of amides is 2. The Morgan fingerprint density at radius 3 is 2.63 bits per heavy atom. The minimum Gasteiger partial charge on any atom is -0.459 e. The molecule has 4 rings (SSSR count). The van der Waals surface area contributed by atoms with Gasteiger partial charge in [-0.05, 0) is 61.0 Å². The monoisotopic (exact) mass is 426 g/mol. The molecule has 1 N–H and O–H groups in total. The van der Waals surface area contributed by atoms with Crippen LogP contribution >= 0.6 is 11.3 Å². The summed E-state index contributed by atoms with van der Waals surface area (Å²) in [5.74, 6) is -1.12. The van der Waals surface area contributed by atoms with Crippen LogP contribution in [0.5, 0.6) is 0 Å². The molecule has 0 bridgehead atoms. The van der Waals surface area contributed by atoms with Gasteiger partial charge in [0, 0.05) is 16.6 Å². The number of rotatable bonds is 6. The van der Waals surface area contributed by atoms with Crippen molar-refractivity contribution in [1.82, 2.24) is 5.32 Å². The molecule has 0 aliphatic heterocycles. The number of carbonyl (C=O) groups is 2. The highest BCUT2D eigenvalue weighted by Crippen LogP contribution is 2.33. The van der Waals surface area contributed by atoms with Crippen molar-refractivity contribution in [3.05, 3.63) is 76.1 Å². The van der Waals surface area contributed by atoms with E-state index in [1.54, 1.807) is 31.2 Å². The lowest BCUT2D eigenvalue weighted by Crippen LogP contribution is -2.46. The van der Waals surface area contributed by atoms with E-state index in [9.17, 15) is 14.0 Å². The first-order valence-electron chi connectivity index (χ1n) is 10.0. The van der Waals surface area contributed by atoms with Crippen LogP contribution in [0.2, 0.25) is 0 Å². The standard InChI is InChI=1S/C23H23FN2O3S/c1-15-10-11-17(14-18(15)24)26(23(28)19-8-4-12-29-19)21(20-9-5-13-30-20)22(27)25-16-6-2-3-7-16/h4-5,8-14,16,21H,2-3,6-7H2,1H3,(H,25,27). The molecular formula is C23H23FN2O3S. The van der Waals surface area contributed by atoms with Crippen molar-refractivity contribution in [3.63, 3.8) is 0 Å². The zero-order valence-corrected chi connectivity index (χ0v) is 17.5. The maximum atomic E-state index is 14.4. The summed E-state index contributed by atoms with van der Waals surface area (Å²) in [5, 5.41) is 4.95. The first-order chi connectivity index (χ1) is 14.5. The lowest BCUT2D eigenvalue weighted by Gasteiger charge is -2.31. The molecule has 2 heterocycles. The largest absolute Gasteiger partial charge is 0.459 e. The summed E-state index contributed by atoms with van der Waals surface area (Å²) >= 11 is 1.38. The second-order valence-electron chi connectivity index (χ2n) is 7.49. The maximum absolute atomic E-state index is 14.4. The van der Waals surface area contributed by atoms with Crippen LogP contribution in [0.25, 0.3) is 0 Å². The van der Waals surface area contributed by atoms with Crippen LogP contribution in [0.4, 0.5) is 10.1 Å². The van der Waals surface area contributed by atoms with Gasteiger partial charge < -0.3 is 9.73 Å². The van der Waals surface area contributed by atoms with Crippen molar-refractivity contribution >= 4 is 28.8 Å². The number of benzene rings is 1. The van der Waals surface area contributed by atoms with Gasteiger partial charge in [-0.2, -0.15) is 0 Å². The van der Waals surface area contributed by atoms with Gasteiger partial charge in [-0.25, -0.2) is 4.39 Å². The molecule has 3 aromatic rings. The summed E-state index contributed by atoms with van der Waals surface area (Å²) in [7, 11) is 0. The van der Waals surface area contributed by atoms with E-state index in [1.807, 2.05) is 17.5 Å². The number of furan rings is 1. The summed E-state index contributed by atoms with van der Waals surface area (Å²) in [6, 6.07) is 10.5. The van der Waals surface area contributed by atoms with Crippen molar-refractivity contribution in [2.75, 3.05) is 4.90 Å². The highest BCUT2D eigenvalue weighted by Gasteiger charge is 2.36. The summed E-state index contributed by atoms with van der Waals surface area (Å²) in [4.78, 5) is 28.9. The van der Waals surface area contributed by atoms with E-state index in [0.717, 1.165) is 25.7 Å². The number of nitrogens with one attached hydrogen (secondary N) is 1. The number of thiophene rings is 1. The smallest absolute Gasteiger partial charge is 0.295 e. The second kappa shape index (κ2) is 8.83. The number of hydrogen-bond acceptors (Lipinski definition) is 4. The number of nitrogens with zero attached hydrogens (tertiary/aromatic N) is 1. The fourth-order valence-corrected chi connectivity index (χ4v) is 4.62. The summed E-state index contributed by atoms with van der Waals surface area (Å²) < 4.78 is 19.7. The third kappa shape index (κ3) is 4.16. The Hall–Kier alpha value is -2.93. The van der Waals surface area contributed by atoms with E-state index in [-0.39, 0.29) is 17.7 Å². The summed E-state index contributed by atoms with van der Waals surface area (Å²) in [5.41, 5.74) is 0.770. The number of halogens is 1. The van der Waals surface area contributed by atoms with Crippen LogP contribution in [-0.2, 0) is 4.79 Å². The van der Waals surface area contributed by atoms with E-state index < -0.39 is 17.8 Å². The van der Waals surface area contributed by atoms with Crippen LogP contribution in [0.3, 0.4) is 0 Å². The van der Waals surface area contributed by atoms with E-state index in [0.29, 0.717) is 16.1 Å². The molecule has 2 amide bonds. The van der Waals surface area contributed by atoms with Crippen LogP contribution in [0, 0.1) is 12.7 Å². The maximum Gasteiger partial charge on any atom is 0.295 e. The zero-order chi connectivity index (χ0) is 21.1. The van der Waals surface area contributed by atoms with E-state index in [4.69, 9.17) is 4.42 Å². The van der Waals surface area contributed by atoms with Gasteiger partial charge in [-0.3, -0.25) is 14.5 Å². The van der Waals surface area contributed by atoms with Gasteiger partial charge in [0.25, 0.3) is 5.91 Å². The number of anilines is 1. The molecule has 1 saturated carbocycles. The van der Waals surface area contributed by atoms with Crippen LogP contribution in [0.1, 0.15) is 52.7 Å². The van der Waals surface area contributed by atoms with Crippen LogP contribution in [-0.4, -0.2) is 17.9 Å². The zero-order valence-electron chi connectivity index (χ0n) is 16.6. The van der Waals surface area contributed by atoms with Gasteiger partial charge in [0.1, 0.15) is 5.82 Å². The first-order valence-corrected chi connectivity index (χ1v) is 10.9. The van der Waals surface area contributed by atoms with Crippen molar-refractivity contribution in [3.8, 4) is 0 Å². The molecule has 2 aromatic heterocycles. The molecule has 1 atom stereocenters. The number of hydrogen-bond donors (Lipinski definition) is 1. The fourth-order valence-electron chi connectivity index (χ4n) is 3.80. The summed E-state index contributed by atoms with van der Waals surface area (Å²) in [6.07, 6.45) is 5.40. The second-order valence-corrected chi connectivity index (χ2v) is 8.47. The predicted octanol–water partition coefficient (Wildman–Crippen LogP) is 5.24. The Bertz CT molecular complexity index is 1010. The normalized spacial score (nSPS) is 15.1. The van der Waals surface area contributed by atoms with Crippen LogP contribution in [0.15, 0.2) is 58.5 Å². The Morgan fingerprint density at radius 2 is 2.00 bits per heavy atom. The van der Waals surface area contributed by atoms with Crippen molar-refractivity contribution in [2.24, 2.45) is 0 Å². The Kier molecular flexibility index (Phi) is 5.99. The van der Waals surface area contributed by atoms with Gasteiger partial charge in [-0.1, -0.05) is 25.0 Å². The Balaban J connectivity index is 1.78. The van der Waals surface area contributed by atoms with Gasteiger partial charge in [-0.15, -0.1) is 11.3 Å². The average molecular weight is 427 g/mol. The van der Waals surface area contributed by atoms with Gasteiger partial charge >= 0.3 is 0 Å². The molecule has 30 heavy (non-hydrogen) atoms. The molecule has 1 aromatic carbocycles. The predicted molar refractivity (Wildman–Crippen MR) is 114 cm³/mol. The van der Waals surface area contributed by atoms with E-state index in [2.05, 4.69) is 5.32 Å². The molecule has 7 heteroatoms. The third-order valence-corrected chi connectivity index (χ3v) is 6.33. The molecule has 1 aliphatic carbocycles.